The lowest BCUT2D eigenvalue weighted by Gasteiger charge is -2.09. The number of halogens is 1. The van der Waals surface area contributed by atoms with Gasteiger partial charge in [-0.05, 0) is 60.9 Å². The van der Waals surface area contributed by atoms with Gasteiger partial charge in [0.15, 0.2) is 0 Å². The highest BCUT2D eigenvalue weighted by Crippen LogP contribution is 2.36. The topological polar surface area (TPSA) is 49.9 Å². The van der Waals surface area contributed by atoms with Crippen LogP contribution in [-0.4, -0.2) is 30.2 Å². The molecule has 0 amide bonds. The van der Waals surface area contributed by atoms with Crippen LogP contribution in [0.15, 0.2) is 42.6 Å². The molecule has 2 aromatic heterocycles. The van der Waals surface area contributed by atoms with Crippen molar-refractivity contribution >= 4 is 16.6 Å². The fourth-order valence-corrected chi connectivity index (χ4v) is 3.37. The van der Waals surface area contributed by atoms with E-state index in [1.165, 1.54) is 17.7 Å². The van der Waals surface area contributed by atoms with Crippen molar-refractivity contribution in [2.75, 3.05) is 20.2 Å². The molecule has 25 heavy (non-hydrogen) atoms. The molecule has 3 heterocycles. The molecule has 0 spiro atoms. The minimum Gasteiger partial charge on any atom is -0.496 e. The third kappa shape index (κ3) is 3.03. The SMILES string of the molecule is COc1ccc(F)cc1-c1ccnc2[nH]c(C3=CCNCCC3)cc12. The fourth-order valence-electron chi connectivity index (χ4n) is 3.37. The van der Waals surface area contributed by atoms with Crippen LogP contribution in [0.4, 0.5) is 4.39 Å². The van der Waals surface area contributed by atoms with Gasteiger partial charge in [-0.2, -0.15) is 0 Å². The zero-order chi connectivity index (χ0) is 17.2. The molecule has 0 unspecified atom stereocenters. The van der Waals surface area contributed by atoms with Gasteiger partial charge in [0.05, 0.1) is 7.11 Å². The van der Waals surface area contributed by atoms with Gasteiger partial charge in [0, 0.05) is 29.4 Å². The van der Waals surface area contributed by atoms with Gasteiger partial charge in [-0.1, -0.05) is 6.08 Å². The number of nitrogens with one attached hydrogen (secondary N) is 2. The van der Waals surface area contributed by atoms with E-state index in [0.717, 1.165) is 53.8 Å². The Morgan fingerprint density at radius 1 is 1.16 bits per heavy atom. The maximum absolute atomic E-state index is 13.8. The molecule has 2 N–H and O–H groups in total. The second-order valence-corrected chi connectivity index (χ2v) is 6.19. The number of ether oxygens (including phenoxy) is 1. The highest BCUT2D eigenvalue weighted by atomic mass is 19.1. The highest BCUT2D eigenvalue weighted by molar-refractivity contribution is 5.96. The normalized spacial score (nSPS) is 15.0. The Bertz CT molecular complexity index is 945. The van der Waals surface area contributed by atoms with E-state index in [4.69, 9.17) is 4.74 Å². The van der Waals surface area contributed by atoms with E-state index in [-0.39, 0.29) is 5.82 Å². The molecular weight excluding hydrogens is 317 g/mol. The van der Waals surface area contributed by atoms with Crippen molar-refractivity contribution in [1.82, 2.24) is 15.3 Å². The molecular formula is C20H20FN3O. The van der Waals surface area contributed by atoms with E-state index in [1.807, 2.05) is 6.07 Å². The summed E-state index contributed by atoms with van der Waals surface area (Å²) in [5, 5.41) is 4.35. The third-order valence-corrected chi connectivity index (χ3v) is 4.62. The van der Waals surface area contributed by atoms with Crippen LogP contribution in [0.1, 0.15) is 18.5 Å². The second kappa shape index (κ2) is 6.69. The summed E-state index contributed by atoms with van der Waals surface area (Å²) in [7, 11) is 1.60. The fraction of sp³-hybridized carbons (Fsp3) is 0.250. The van der Waals surface area contributed by atoms with E-state index in [9.17, 15) is 4.39 Å². The van der Waals surface area contributed by atoms with E-state index >= 15 is 0 Å². The highest BCUT2D eigenvalue weighted by Gasteiger charge is 2.15. The van der Waals surface area contributed by atoms with E-state index in [0.29, 0.717) is 5.75 Å². The van der Waals surface area contributed by atoms with Gasteiger partial charge in [-0.15, -0.1) is 0 Å². The zero-order valence-corrected chi connectivity index (χ0v) is 14.1. The van der Waals surface area contributed by atoms with Crippen molar-refractivity contribution in [3.05, 3.63) is 54.1 Å². The number of methoxy groups -OCH3 is 1. The molecule has 1 aliphatic heterocycles. The van der Waals surface area contributed by atoms with Crippen LogP contribution in [0.5, 0.6) is 5.75 Å². The number of rotatable bonds is 3. The largest absolute Gasteiger partial charge is 0.496 e. The van der Waals surface area contributed by atoms with Crippen molar-refractivity contribution in [2.24, 2.45) is 0 Å². The molecule has 0 fully saturated rings. The number of benzene rings is 1. The summed E-state index contributed by atoms with van der Waals surface area (Å²) in [5.74, 6) is 0.364. The van der Waals surface area contributed by atoms with Crippen LogP contribution in [-0.2, 0) is 0 Å². The maximum atomic E-state index is 13.8. The Hall–Kier alpha value is -2.66. The molecule has 5 heteroatoms. The molecule has 3 aromatic rings. The monoisotopic (exact) mass is 337 g/mol. The van der Waals surface area contributed by atoms with Crippen LogP contribution < -0.4 is 10.1 Å². The van der Waals surface area contributed by atoms with Crippen LogP contribution in [0, 0.1) is 5.82 Å². The number of hydrogen-bond donors (Lipinski definition) is 2. The summed E-state index contributed by atoms with van der Waals surface area (Å²) >= 11 is 0. The second-order valence-electron chi connectivity index (χ2n) is 6.19. The molecule has 4 rings (SSSR count). The lowest BCUT2D eigenvalue weighted by molar-refractivity contribution is 0.415. The predicted molar refractivity (Wildman–Crippen MR) is 98.1 cm³/mol. The zero-order valence-electron chi connectivity index (χ0n) is 14.1. The van der Waals surface area contributed by atoms with Crippen LogP contribution in [0.25, 0.3) is 27.7 Å². The minimum absolute atomic E-state index is 0.283. The van der Waals surface area contributed by atoms with Gasteiger partial charge in [0.2, 0.25) is 0 Å². The number of nitrogens with zero attached hydrogens (tertiary/aromatic N) is 1. The predicted octanol–water partition coefficient (Wildman–Crippen LogP) is 4.14. The first-order chi connectivity index (χ1) is 12.3. The van der Waals surface area contributed by atoms with Gasteiger partial charge in [-0.25, -0.2) is 9.37 Å². The first-order valence-corrected chi connectivity index (χ1v) is 8.48. The van der Waals surface area contributed by atoms with Crippen LogP contribution in [0.2, 0.25) is 0 Å². The summed E-state index contributed by atoms with van der Waals surface area (Å²) in [5.41, 5.74) is 4.82. The molecule has 0 saturated carbocycles. The minimum atomic E-state index is -0.283. The summed E-state index contributed by atoms with van der Waals surface area (Å²) in [4.78, 5) is 7.86. The summed E-state index contributed by atoms with van der Waals surface area (Å²) in [6, 6.07) is 8.59. The molecule has 0 bridgehead atoms. The van der Waals surface area contributed by atoms with Gasteiger partial charge >= 0.3 is 0 Å². The van der Waals surface area contributed by atoms with Crippen molar-refractivity contribution in [3.63, 3.8) is 0 Å². The molecule has 0 atom stereocenters. The quantitative estimate of drug-likeness (QED) is 0.755. The van der Waals surface area contributed by atoms with Crippen molar-refractivity contribution in [2.45, 2.75) is 12.8 Å². The summed E-state index contributed by atoms with van der Waals surface area (Å²) in [6.45, 7) is 1.91. The Balaban J connectivity index is 1.86. The van der Waals surface area contributed by atoms with Gasteiger partial charge < -0.3 is 15.0 Å². The Morgan fingerprint density at radius 3 is 2.96 bits per heavy atom. The van der Waals surface area contributed by atoms with Gasteiger partial charge in [-0.3, -0.25) is 0 Å². The lowest BCUT2D eigenvalue weighted by Crippen LogP contribution is -2.12. The molecule has 0 saturated heterocycles. The van der Waals surface area contributed by atoms with Crippen molar-refractivity contribution < 1.29 is 9.13 Å². The standard InChI is InChI=1S/C20H20FN3O/c1-25-19-5-4-14(21)11-16(19)15-7-10-23-20-17(15)12-18(24-20)13-3-2-8-22-9-6-13/h4-7,10-12,22H,2-3,8-9H2,1H3,(H,23,24). The molecule has 0 aliphatic carbocycles. The van der Waals surface area contributed by atoms with Crippen molar-refractivity contribution in [3.8, 4) is 16.9 Å². The molecule has 4 nitrogen and oxygen atoms in total. The average molecular weight is 337 g/mol. The molecule has 128 valence electrons. The van der Waals surface area contributed by atoms with Crippen LogP contribution >= 0.6 is 0 Å². The number of H-pyrrole nitrogens is 1. The first-order valence-electron chi connectivity index (χ1n) is 8.48. The average Bonchev–Trinajstić information content (AvgIpc) is 2.88. The van der Waals surface area contributed by atoms with Crippen molar-refractivity contribution in [1.29, 1.82) is 0 Å². The number of allylic oxidation sites excluding steroid dienone is 1. The summed E-state index contributed by atoms with van der Waals surface area (Å²) in [6.07, 6.45) is 6.10. The number of fused-ring (bicyclic) bond motifs is 1. The number of aromatic nitrogens is 2. The number of pyridine rings is 1. The smallest absolute Gasteiger partial charge is 0.138 e. The van der Waals surface area contributed by atoms with Gasteiger partial charge in [0.1, 0.15) is 17.2 Å². The Labute approximate surface area is 145 Å². The van der Waals surface area contributed by atoms with E-state index < -0.39 is 0 Å². The first kappa shape index (κ1) is 15.8. The molecule has 0 radical (unpaired) electrons. The number of aromatic amines is 1. The molecule has 1 aromatic carbocycles. The molecule has 1 aliphatic rings. The summed E-state index contributed by atoms with van der Waals surface area (Å²) < 4.78 is 19.2. The van der Waals surface area contributed by atoms with Gasteiger partial charge in [0.25, 0.3) is 0 Å². The van der Waals surface area contributed by atoms with Crippen LogP contribution in [0.3, 0.4) is 0 Å². The van der Waals surface area contributed by atoms with E-state index in [2.05, 4.69) is 27.4 Å². The Kier molecular flexibility index (Phi) is 4.24. The number of hydrogen-bond acceptors (Lipinski definition) is 3. The maximum Gasteiger partial charge on any atom is 0.138 e. The Morgan fingerprint density at radius 2 is 2.08 bits per heavy atom. The lowest BCUT2D eigenvalue weighted by atomic mass is 10.0. The third-order valence-electron chi connectivity index (χ3n) is 4.62. The van der Waals surface area contributed by atoms with E-state index in [1.54, 1.807) is 19.4 Å².